The lowest BCUT2D eigenvalue weighted by Gasteiger charge is -2.15. The molecular weight excluding hydrogens is 362 g/mol. The highest BCUT2D eigenvalue weighted by molar-refractivity contribution is 8.23. The summed E-state index contributed by atoms with van der Waals surface area (Å²) in [4.78, 5) is 38.5. The van der Waals surface area contributed by atoms with Gasteiger partial charge in [0, 0.05) is 32.9 Å². The van der Waals surface area contributed by atoms with Gasteiger partial charge in [-0.3, -0.25) is 14.5 Å². The maximum absolute atomic E-state index is 11.9. The molecule has 134 valence electrons. The Morgan fingerprint density at radius 1 is 1.32 bits per heavy atom. The summed E-state index contributed by atoms with van der Waals surface area (Å²) in [6.45, 7) is 0.193. The molecule has 7 nitrogen and oxygen atoms in total. The van der Waals surface area contributed by atoms with E-state index >= 15 is 0 Å². The molecule has 1 fully saturated rings. The van der Waals surface area contributed by atoms with Crippen LogP contribution in [-0.4, -0.2) is 66.5 Å². The number of thiocarbonyl (C=S) groups is 1. The van der Waals surface area contributed by atoms with Crippen molar-refractivity contribution in [1.82, 2.24) is 10.2 Å². The highest BCUT2D eigenvalue weighted by Gasteiger charge is 2.25. The van der Waals surface area contributed by atoms with E-state index in [9.17, 15) is 14.4 Å². The van der Waals surface area contributed by atoms with Crippen LogP contribution in [0.15, 0.2) is 24.3 Å². The number of ether oxygens (including phenoxy) is 1. The monoisotopic (exact) mass is 381 g/mol. The molecule has 0 bridgehead atoms. The highest BCUT2D eigenvalue weighted by Crippen LogP contribution is 2.18. The lowest BCUT2D eigenvalue weighted by molar-refractivity contribution is -0.126. The van der Waals surface area contributed by atoms with Gasteiger partial charge in [-0.15, -0.1) is 0 Å². The van der Waals surface area contributed by atoms with E-state index in [1.54, 1.807) is 24.3 Å². The van der Waals surface area contributed by atoms with Crippen LogP contribution in [-0.2, 0) is 14.3 Å². The number of anilines is 1. The third-order valence-electron chi connectivity index (χ3n) is 3.45. The Hall–Kier alpha value is -2.13. The van der Waals surface area contributed by atoms with E-state index in [4.69, 9.17) is 17.0 Å². The van der Waals surface area contributed by atoms with Crippen molar-refractivity contribution in [3.05, 3.63) is 29.8 Å². The summed E-state index contributed by atoms with van der Waals surface area (Å²) in [6, 6.07) is 6.88. The van der Waals surface area contributed by atoms with Crippen molar-refractivity contribution in [3.63, 3.8) is 0 Å². The van der Waals surface area contributed by atoms with Crippen LogP contribution >= 0.6 is 24.0 Å². The van der Waals surface area contributed by atoms with Crippen molar-refractivity contribution < 1.29 is 19.1 Å². The van der Waals surface area contributed by atoms with E-state index in [0.717, 1.165) is 5.69 Å². The predicted molar refractivity (Wildman–Crippen MR) is 101 cm³/mol. The van der Waals surface area contributed by atoms with Gasteiger partial charge in [0.05, 0.1) is 11.3 Å². The standard InChI is InChI=1S/C16H19N3O4S2/c1-18(2)12-5-3-11(4-6-12)15(22)23-9-13(20)17-7-8-19-14(21)10-25-16(19)24/h3-6H,7-10H2,1-2H3,(H,17,20). The third-order valence-corrected chi connectivity index (χ3v) is 4.88. The average Bonchev–Trinajstić information content (AvgIpc) is 2.91. The second-order valence-electron chi connectivity index (χ2n) is 5.47. The minimum absolute atomic E-state index is 0.0585. The lowest BCUT2D eigenvalue weighted by Crippen LogP contribution is -2.38. The lowest BCUT2D eigenvalue weighted by atomic mass is 10.2. The molecule has 0 atom stereocenters. The Kier molecular flexibility index (Phi) is 6.77. The Balaban J connectivity index is 1.71. The maximum Gasteiger partial charge on any atom is 0.338 e. The van der Waals surface area contributed by atoms with Crippen LogP contribution in [0.5, 0.6) is 0 Å². The average molecular weight is 381 g/mol. The van der Waals surface area contributed by atoms with Crippen molar-refractivity contribution in [2.45, 2.75) is 0 Å². The van der Waals surface area contributed by atoms with E-state index in [1.807, 2.05) is 19.0 Å². The Labute approximate surface area is 155 Å². The normalized spacial score (nSPS) is 13.8. The van der Waals surface area contributed by atoms with Crippen molar-refractivity contribution in [2.75, 3.05) is 44.4 Å². The molecule has 1 aromatic carbocycles. The third kappa shape index (κ3) is 5.43. The first-order valence-corrected chi connectivity index (χ1v) is 8.96. The van der Waals surface area contributed by atoms with Gasteiger partial charge in [-0.2, -0.15) is 0 Å². The van der Waals surface area contributed by atoms with Crippen molar-refractivity contribution >= 4 is 51.8 Å². The van der Waals surface area contributed by atoms with Gasteiger partial charge in [-0.25, -0.2) is 4.79 Å². The quantitative estimate of drug-likeness (QED) is 0.555. The first-order chi connectivity index (χ1) is 11.9. The molecule has 1 saturated heterocycles. The number of nitrogens with one attached hydrogen (secondary N) is 1. The van der Waals surface area contributed by atoms with Gasteiger partial charge in [0.15, 0.2) is 6.61 Å². The molecule has 0 saturated carbocycles. The molecular formula is C16H19N3O4S2. The molecule has 1 aliphatic rings. The van der Waals surface area contributed by atoms with Crippen molar-refractivity contribution in [2.24, 2.45) is 0 Å². The predicted octanol–water partition coefficient (Wildman–Crippen LogP) is 0.886. The number of hydrogen-bond donors (Lipinski definition) is 1. The maximum atomic E-state index is 11.9. The number of thioether (sulfide) groups is 1. The summed E-state index contributed by atoms with van der Waals surface area (Å²) in [6.07, 6.45) is 0. The van der Waals surface area contributed by atoms with Crippen molar-refractivity contribution in [3.8, 4) is 0 Å². The van der Waals surface area contributed by atoms with Crippen LogP contribution in [0.4, 0.5) is 5.69 Å². The Morgan fingerprint density at radius 3 is 2.56 bits per heavy atom. The highest BCUT2D eigenvalue weighted by atomic mass is 32.2. The fraction of sp³-hybridized carbons (Fsp3) is 0.375. The van der Waals surface area contributed by atoms with Crippen LogP contribution in [0.1, 0.15) is 10.4 Å². The van der Waals surface area contributed by atoms with Crippen LogP contribution < -0.4 is 10.2 Å². The molecule has 2 rings (SSSR count). The molecule has 0 radical (unpaired) electrons. The zero-order valence-electron chi connectivity index (χ0n) is 14.0. The molecule has 2 amide bonds. The fourth-order valence-electron chi connectivity index (χ4n) is 2.07. The molecule has 9 heteroatoms. The van der Waals surface area contributed by atoms with Gasteiger partial charge >= 0.3 is 5.97 Å². The first kappa shape index (κ1) is 19.2. The molecule has 1 aromatic rings. The minimum Gasteiger partial charge on any atom is -0.452 e. The second kappa shape index (κ2) is 8.82. The number of hydrogen-bond acceptors (Lipinski definition) is 7. The summed E-state index contributed by atoms with van der Waals surface area (Å²) in [5, 5.41) is 2.60. The number of esters is 1. The molecule has 1 N–H and O–H groups in total. The summed E-state index contributed by atoms with van der Waals surface area (Å²) in [5.74, 6) is -0.704. The topological polar surface area (TPSA) is 79.0 Å². The molecule has 0 unspecified atom stereocenters. The van der Waals surface area contributed by atoms with E-state index in [2.05, 4.69) is 5.32 Å². The van der Waals surface area contributed by atoms with Crippen LogP contribution in [0.3, 0.4) is 0 Å². The zero-order chi connectivity index (χ0) is 18.4. The van der Waals surface area contributed by atoms with Gasteiger partial charge in [-0.05, 0) is 24.3 Å². The van der Waals surface area contributed by atoms with Crippen LogP contribution in [0.25, 0.3) is 0 Å². The first-order valence-electron chi connectivity index (χ1n) is 7.57. The number of carbonyl (C=O) groups excluding carboxylic acids is 3. The number of rotatable bonds is 7. The van der Waals surface area contributed by atoms with Gasteiger partial charge in [-0.1, -0.05) is 24.0 Å². The number of benzene rings is 1. The zero-order valence-corrected chi connectivity index (χ0v) is 15.6. The van der Waals surface area contributed by atoms with Crippen LogP contribution in [0.2, 0.25) is 0 Å². The summed E-state index contributed by atoms with van der Waals surface area (Å²) in [5.41, 5.74) is 1.34. The van der Waals surface area contributed by atoms with E-state index in [1.165, 1.54) is 16.7 Å². The van der Waals surface area contributed by atoms with E-state index < -0.39 is 11.9 Å². The van der Waals surface area contributed by atoms with Gasteiger partial charge in [0.2, 0.25) is 5.91 Å². The van der Waals surface area contributed by atoms with Crippen LogP contribution in [0, 0.1) is 0 Å². The second-order valence-corrected chi connectivity index (χ2v) is 7.08. The van der Waals surface area contributed by atoms with Gasteiger partial charge in [0.25, 0.3) is 5.91 Å². The number of nitrogens with zero attached hydrogens (tertiary/aromatic N) is 2. The summed E-state index contributed by atoms with van der Waals surface area (Å²) in [7, 11) is 3.80. The fourth-order valence-corrected chi connectivity index (χ4v) is 3.19. The summed E-state index contributed by atoms with van der Waals surface area (Å²) >= 11 is 6.35. The Morgan fingerprint density at radius 2 is 2.00 bits per heavy atom. The molecule has 25 heavy (non-hydrogen) atoms. The molecule has 1 aliphatic heterocycles. The molecule has 0 aromatic heterocycles. The molecule has 1 heterocycles. The SMILES string of the molecule is CN(C)c1ccc(C(=O)OCC(=O)NCCN2C(=O)CSC2=S)cc1. The number of amides is 2. The van der Waals surface area contributed by atoms with Gasteiger partial charge < -0.3 is 15.0 Å². The molecule has 0 spiro atoms. The largest absolute Gasteiger partial charge is 0.452 e. The van der Waals surface area contributed by atoms with Crippen molar-refractivity contribution in [1.29, 1.82) is 0 Å². The molecule has 0 aliphatic carbocycles. The summed E-state index contributed by atoms with van der Waals surface area (Å²) < 4.78 is 5.50. The number of carbonyl (C=O) groups is 3. The minimum atomic E-state index is -0.562. The Bertz CT molecular complexity index is 660. The van der Waals surface area contributed by atoms with Gasteiger partial charge in [0.1, 0.15) is 4.32 Å². The smallest absolute Gasteiger partial charge is 0.338 e. The van der Waals surface area contributed by atoms with E-state index in [0.29, 0.717) is 22.2 Å². The van der Waals surface area contributed by atoms with E-state index in [-0.39, 0.29) is 19.1 Å².